The lowest BCUT2D eigenvalue weighted by Gasteiger charge is -2.15. The summed E-state index contributed by atoms with van der Waals surface area (Å²) < 4.78 is 18.5. The Morgan fingerprint density at radius 2 is 2.00 bits per heavy atom. The van der Waals surface area contributed by atoms with E-state index in [9.17, 15) is 14.3 Å². The first-order valence-electron chi connectivity index (χ1n) is 6.22. The van der Waals surface area contributed by atoms with E-state index < -0.39 is 17.7 Å². The molecule has 2 aromatic carbocycles. The Labute approximate surface area is 116 Å². The number of para-hydroxylation sites is 1. The minimum atomic E-state index is -0.985. The number of aliphatic carboxylic acids is 1. The predicted octanol–water partition coefficient (Wildman–Crippen LogP) is 3.25. The van der Waals surface area contributed by atoms with E-state index in [2.05, 4.69) is 0 Å². The second-order valence-electron chi connectivity index (χ2n) is 4.46. The molecule has 0 bridgehead atoms. The highest BCUT2D eigenvalue weighted by atomic mass is 19.1. The Morgan fingerprint density at radius 1 is 1.25 bits per heavy atom. The summed E-state index contributed by atoms with van der Waals surface area (Å²) >= 11 is 0. The largest absolute Gasteiger partial charge is 0.496 e. The van der Waals surface area contributed by atoms with Gasteiger partial charge >= 0.3 is 5.97 Å². The van der Waals surface area contributed by atoms with Gasteiger partial charge in [-0.05, 0) is 35.7 Å². The van der Waals surface area contributed by atoms with E-state index in [0.29, 0.717) is 11.3 Å². The first-order valence-corrected chi connectivity index (χ1v) is 6.22. The van der Waals surface area contributed by atoms with Gasteiger partial charge in [0.15, 0.2) is 0 Å². The molecule has 0 amide bonds. The smallest absolute Gasteiger partial charge is 0.311 e. The molecule has 1 atom stereocenters. The summed E-state index contributed by atoms with van der Waals surface area (Å²) in [6, 6.07) is 12.9. The lowest BCUT2D eigenvalue weighted by molar-refractivity contribution is -0.138. The lowest BCUT2D eigenvalue weighted by Crippen LogP contribution is -2.15. The van der Waals surface area contributed by atoms with Crippen LogP contribution in [-0.4, -0.2) is 18.2 Å². The Morgan fingerprint density at radius 3 is 2.65 bits per heavy atom. The van der Waals surface area contributed by atoms with Crippen LogP contribution in [0.15, 0.2) is 48.5 Å². The fourth-order valence-corrected chi connectivity index (χ4v) is 2.16. The molecule has 0 heterocycles. The molecule has 20 heavy (non-hydrogen) atoms. The molecule has 0 fully saturated rings. The van der Waals surface area contributed by atoms with Crippen LogP contribution in [-0.2, 0) is 11.2 Å². The number of rotatable bonds is 5. The Balaban J connectivity index is 2.33. The highest BCUT2D eigenvalue weighted by molar-refractivity contribution is 5.76. The average molecular weight is 274 g/mol. The van der Waals surface area contributed by atoms with Gasteiger partial charge in [0.1, 0.15) is 11.6 Å². The summed E-state index contributed by atoms with van der Waals surface area (Å²) in [6.07, 6.45) is 0.253. The van der Waals surface area contributed by atoms with E-state index >= 15 is 0 Å². The summed E-state index contributed by atoms with van der Waals surface area (Å²) in [5.41, 5.74) is 1.23. The molecule has 0 radical (unpaired) electrons. The summed E-state index contributed by atoms with van der Waals surface area (Å²) in [5.74, 6) is -1.59. The average Bonchev–Trinajstić information content (AvgIpc) is 2.44. The molecule has 0 aliphatic rings. The molecule has 0 spiro atoms. The normalized spacial score (nSPS) is 11.9. The molecule has 1 unspecified atom stereocenters. The van der Waals surface area contributed by atoms with Gasteiger partial charge in [-0.3, -0.25) is 4.79 Å². The van der Waals surface area contributed by atoms with Gasteiger partial charge in [-0.1, -0.05) is 30.3 Å². The molecule has 0 saturated carbocycles. The molecular formula is C16H15FO3. The Bertz CT molecular complexity index is 610. The first kappa shape index (κ1) is 14.1. The minimum absolute atomic E-state index is 0.253. The molecular weight excluding hydrogens is 259 g/mol. The number of carboxylic acid groups (broad SMARTS) is 1. The van der Waals surface area contributed by atoms with Gasteiger partial charge in [-0.15, -0.1) is 0 Å². The maximum Gasteiger partial charge on any atom is 0.311 e. The summed E-state index contributed by atoms with van der Waals surface area (Å²) in [7, 11) is 1.54. The minimum Gasteiger partial charge on any atom is -0.496 e. The maximum absolute atomic E-state index is 13.3. The molecule has 2 aromatic rings. The van der Waals surface area contributed by atoms with Crippen molar-refractivity contribution in [3.8, 4) is 5.75 Å². The van der Waals surface area contributed by atoms with Crippen LogP contribution in [0.4, 0.5) is 4.39 Å². The third kappa shape index (κ3) is 3.15. The third-order valence-corrected chi connectivity index (χ3v) is 3.17. The number of ether oxygens (including phenoxy) is 1. The van der Waals surface area contributed by atoms with Crippen molar-refractivity contribution in [1.29, 1.82) is 0 Å². The molecule has 0 saturated heterocycles. The molecule has 1 N–H and O–H groups in total. The zero-order valence-corrected chi connectivity index (χ0v) is 11.0. The summed E-state index contributed by atoms with van der Waals surface area (Å²) in [5, 5.41) is 9.38. The fraction of sp³-hybridized carbons (Fsp3) is 0.188. The summed E-state index contributed by atoms with van der Waals surface area (Å²) in [4.78, 5) is 11.5. The van der Waals surface area contributed by atoms with E-state index in [-0.39, 0.29) is 6.42 Å². The van der Waals surface area contributed by atoms with Crippen molar-refractivity contribution in [2.24, 2.45) is 0 Å². The van der Waals surface area contributed by atoms with E-state index in [1.807, 2.05) is 18.2 Å². The van der Waals surface area contributed by atoms with Gasteiger partial charge in [0.25, 0.3) is 0 Å². The number of carboxylic acids is 1. The van der Waals surface area contributed by atoms with Crippen molar-refractivity contribution in [1.82, 2.24) is 0 Å². The van der Waals surface area contributed by atoms with E-state index in [4.69, 9.17) is 4.74 Å². The molecule has 0 aliphatic carbocycles. The highest BCUT2D eigenvalue weighted by Crippen LogP contribution is 2.27. The van der Waals surface area contributed by atoms with Crippen LogP contribution in [0.1, 0.15) is 17.0 Å². The molecule has 104 valence electrons. The standard InChI is InChI=1S/C16H15FO3/c1-20-15-8-3-2-5-12(15)10-14(16(18)19)11-6-4-7-13(17)9-11/h2-9,14H,10H2,1H3,(H,18,19). The predicted molar refractivity (Wildman–Crippen MR) is 73.5 cm³/mol. The zero-order valence-electron chi connectivity index (χ0n) is 11.0. The number of carbonyl (C=O) groups is 1. The monoisotopic (exact) mass is 274 g/mol. The number of halogens is 1. The van der Waals surface area contributed by atoms with Gasteiger partial charge in [-0.2, -0.15) is 0 Å². The maximum atomic E-state index is 13.3. The number of methoxy groups -OCH3 is 1. The zero-order chi connectivity index (χ0) is 14.5. The van der Waals surface area contributed by atoms with Crippen molar-refractivity contribution in [2.75, 3.05) is 7.11 Å². The second kappa shape index (κ2) is 6.19. The van der Waals surface area contributed by atoms with Crippen LogP contribution in [0.3, 0.4) is 0 Å². The number of hydrogen-bond donors (Lipinski definition) is 1. The van der Waals surface area contributed by atoms with Gasteiger partial charge < -0.3 is 9.84 Å². The van der Waals surface area contributed by atoms with Crippen molar-refractivity contribution >= 4 is 5.97 Å². The topological polar surface area (TPSA) is 46.5 Å². The SMILES string of the molecule is COc1ccccc1CC(C(=O)O)c1cccc(F)c1. The molecule has 0 aliphatic heterocycles. The quantitative estimate of drug-likeness (QED) is 0.910. The molecule has 2 rings (SSSR count). The van der Waals surface area contributed by atoms with E-state index in [0.717, 1.165) is 5.56 Å². The van der Waals surface area contributed by atoms with Crippen LogP contribution in [0, 0.1) is 5.82 Å². The van der Waals surface area contributed by atoms with Crippen molar-refractivity contribution in [3.05, 3.63) is 65.5 Å². The second-order valence-corrected chi connectivity index (χ2v) is 4.46. The van der Waals surface area contributed by atoms with Gasteiger partial charge in [0.2, 0.25) is 0 Å². The third-order valence-electron chi connectivity index (χ3n) is 3.17. The Kier molecular flexibility index (Phi) is 4.35. The van der Waals surface area contributed by atoms with Gasteiger partial charge in [0.05, 0.1) is 13.0 Å². The molecule has 4 heteroatoms. The van der Waals surface area contributed by atoms with Crippen molar-refractivity contribution in [3.63, 3.8) is 0 Å². The summed E-state index contributed by atoms with van der Waals surface area (Å²) in [6.45, 7) is 0. The lowest BCUT2D eigenvalue weighted by atomic mass is 9.91. The van der Waals surface area contributed by atoms with Crippen molar-refractivity contribution < 1.29 is 19.0 Å². The van der Waals surface area contributed by atoms with Crippen LogP contribution in [0.5, 0.6) is 5.75 Å². The number of benzene rings is 2. The number of hydrogen-bond acceptors (Lipinski definition) is 2. The van der Waals surface area contributed by atoms with E-state index in [1.165, 1.54) is 25.3 Å². The van der Waals surface area contributed by atoms with Gasteiger partial charge in [0, 0.05) is 0 Å². The van der Waals surface area contributed by atoms with Gasteiger partial charge in [-0.25, -0.2) is 4.39 Å². The van der Waals surface area contributed by atoms with Crippen LogP contribution in [0.2, 0.25) is 0 Å². The molecule has 0 aromatic heterocycles. The Hall–Kier alpha value is -2.36. The van der Waals surface area contributed by atoms with Crippen LogP contribution >= 0.6 is 0 Å². The van der Waals surface area contributed by atoms with E-state index in [1.54, 1.807) is 12.1 Å². The van der Waals surface area contributed by atoms with Crippen molar-refractivity contribution in [2.45, 2.75) is 12.3 Å². The molecule has 3 nitrogen and oxygen atoms in total. The van der Waals surface area contributed by atoms with Crippen LogP contribution < -0.4 is 4.74 Å². The highest BCUT2D eigenvalue weighted by Gasteiger charge is 2.22. The fourth-order valence-electron chi connectivity index (χ4n) is 2.16. The first-order chi connectivity index (χ1) is 9.61. The van der Waals surface area contributed by atoms with Crippen LogP contribution in [0.25, 0.3) is 0 Å².